The summed E-state index contributed by atoms with van der Waals surface area (Å²) in [6.07, 6.45) is 1.97. The molecule has 0 saturated heterocycles. The standard InChI is InChI=1S/C31H37Cl2N3O6S/c1-5-7-17-34-31(38)27(6-2)35(20-22-13-14-23(32)18-26(22)33)30(37)21-36(24-11-9-8-10-12-24)43(39,40)25-15-16-28(41-3)29(19-25)42-4/h8-16,18-19,27H,5-7,17,20-21H2,1-4H3,(H,34,38)/t27-/m0/s1. The Bertz CT molecular complexity index is 1500. The molecule has 0 saturated carbocycles. The number of methoxy groups -OCH3 is 2. The van der Waals surface area contributed by atoms with Gasteiger partial charge in [0.05, 0.1) is 24.8 Å². The van der Waals surface area contributed by atoms with E-state index in [9.17, 15) is 18.0 Å². The first-order chi connectivity index (χ1) is 20.6. The van der Waals surface area contributed by atoms with Crippen molar-refractivity contribution in [2.24, 2.45) is 0 Å². The molecule has 12 heteroatoms. The van der Waals surface area contributed by atoms with Gasteiger partial charge in [0.2, 0.25) is 11.8 Å². The lowest BCUT2D eigenvalue weighted by atomic mass is 10.1. The maximum atomic E-state index is 14.2. The summed E-state index contributed by atoms with van der Waals surface area (Å²) < 4.78 is 39.8. The number of rotatable bonds is 15. The molecule has 0 aliphatic heterocycles. The third-order valence-corrected chi connectivity index (χ3v) is 9.19. The van der Waals surface area contributed by atoms with Crippen molar-refractivity contribution < 1.29 is 27.5 Å². The van der Waals surface area contributed by atoms with Gasteiger partial charge >= 0.3 is 0 Å². The van der Waals surface area contributed by atoms with Crippen molar-refractivity contribution in [1.82, 2.24) is 10.2 Å². The molecule has 0 aromatic heterocycles. The first-order valence-corrected chi connectivity index (χ1v) is 16.1. The van der Waals surface area contributed by atoms with E-state index in [-0.39, 0.29) is 28.8 Å². The van der Waals surface area contributed by atoms with Gasteiger partial charge in [0.1, 0.15) is 12.6 Å². The maximum Gasteiger partial charge on any atom is 0.264 e. The summed E-state index contributed by atoms with van der Waals surface area (Å²) in [5, 5.41) is 3.65. The molecule has 3 aromatic carbocycles. The third kappa shape index (κ3) is 8.55. The second-order valence-corrected chi connectivity index (χ2v) is 12.4. The van der Waals surface area contributed by atoms with Crippen molar-refractivity contribution in [3.63, 3.8) is 0 Å². The third-order valence-electron chi connectivity index (χ3n) is 6.84. The van der Waals surface area contributed by atoms with E-state index in [0.29, 0.717) is 34.3 Å². The fourth-order valence-electron chi connectivity index (χ4n) is 4.49. The smallest absolute Gasteiger partial charge is 0.264 e. The Hall–Kier alpha value is -3.47. The molecule has 1 atom stereocenters. The van der Waals surface area contributed by atoms with Crippen LogP contribution in [0.3, 0.4) is 0 Å². The topological polar surface area (TPSA) is 105 Å². The van der Waals surface area contributed by atoms with Crippen LogP contribution >= 0.6 is 23.2 Å². The van der Waals surface area contributed by atoms with Gasteiger partial charge in [-0.25, -0.2) is 8.42 Å². The number of unbranched alkanes of at least 4 members (excludes halogenated alkanes) is 1. The summed E-state index contributed by atoms with van der Waals surface area (Å²) in [7, 11) is -1.44. The van der Waals surface area contributed by atoms with E-state index in [2.05, 4.69) is 5.32 Å². The highest BCUT2D eigenvalue weighted by Crippen LogP contribution is 2.32. The quantitative estimate of drug-likeness (QED) is 0.205. The second kappa shape index (κ2) is 15.8. The van der Waals surface area contributed by atoms with Crippen LogP contribution in [0.1, 0.15) is 38.7 Å². The fraction of sp³-hybridized carbons (Fsp3) is 0.355. The van der Waals surface area contributed by atoms with Gasteiger partial charge in [0.15, 0.2) is 11.5 Å². The van der Waals surface area contributed by atoms with E-state index in [4.69, 9.17) is 32.7 Å². The number of anilines is 1. The Morgan fingerprint density at radius 1 is 0.930 bits per heavy atom. The van der Waals surface area contributed by atoms with Crippen LogP contribution < -0.4 is 19.1 Å². The number of amides is 2. The minimum Gasteiger partial charge on any atom is -0.493 e. The van der Waals surface area contributed by atoms with Crippen molar-refractivity contribution in [1.29, 1.82) is 0 Å². The first-order valence-electron chi connectivity index (χ1n) is 13.9. The number of ether oxygens (including phenoxy) is 2. The van der Waals surface area contributed by atoms with Crippen molar-refractivity contribution in [2.45, 2.75) is 50.6 Å². The zero-order chi connectivity index (χ0) is 31.6. The van der Waals surface area contributed by atoms with Gasteiger partial charge in [-0.05, 0) is 54.8 Å². The van der Waals surface area contributed by atoms with E-state index < -0.39 is 28.5 Å². The van der Waals surface area contributed by atoms with Gasteiger partial charge < -0.3 is 19.7 Å². The second-order valence-electron chi connectivity index (χ2n) is 9.69. The van der Waals surface area contributed by atoms with Crippen LogP contribution in [0.25, 0.3) is 0 Å². The van der Waals surface area contributed by atoms with Crippen LogP contribution in [-0.2, 0) is 26.2 Å². The lowest BCUT2D eigenvalue weighted by Crippen LogP contribution is -2.52. The summed E-state index contributed by atoms with van der Waals surface area (Å²) in [5.41, 5.74) is 0.837. The molecule has 0 bridgehead atoms. The molecular formula is C31H37Cl2N3O6S. The normalized spacial score (nSPS) is 11.9. The Morgan fingerprint density at radius 2 is 1.63 bits per heavy atom. The molecule has 9 nitrogen and oxygen atoms in total. The molecule has 0 radical (unpaired) electrons. The van der Waals surface area contributed by atoms with Crippen molar-refractivity contribution in [2.75, 3.05) is 31.6 Å². The van der Waals surface area contributed by atoms with Crippen LogP contribution in [0.15, 0.2) is 71.6 Å². The van der Waals surface area contributed by atoms with Crippen LogP contribution in [-0.4, -0.2) is 58.5 Å². The van der Waals surface area contributed by atoms with E-state index in [1.807, 2.05) is 6.92 Å². The molecule has 0 fully saturated rings. The molecule has 2 amide bonds. The van der Waals surface area contributed by atoms with Gasteiger partial charge in [-0.15, -0.1) is 0 Å². The molecule has 0 heterocycles. The van der Waals surface area contributed by atoms with E-state index in [0.717, 1.165) is 17.1 Å². The fourth-order valence-corrected chi connectivity index (χ4v) is 6.38. The number of carbonyl (C=O) groups excluding carboxylic acids is 2. The van der Waals surface area contributed by atoms with E-state index in [1.165, 1.54) is 37.3 Å². The summed E-state index contributed by atoms with van der Waals surface area (Å²) in [4.78, 5) is 28.8. The lowest BCUT2D eigenvalue weighted by Gasteiger charge is -2.33. The largest absolute Gasteiger partial charge is 0.493 e. The highest BCUT2D eigenvalue weighted by molar-refractivity contribution is 7.92. The van der Waals surface area contributed by atoms with Crippen LogP contribution in [0, 0.1) is 0 Å². The van der Waals surface area contributed by atoms with E-state index in [1.54, 1.807) is 55.5 Å². The van der Waals surface area contributed by atoms with Gasteiger partial charge in [-0.1, -0.05) is 67.7 Å². The highest BCUT2D eigenvalue weighted by Gasteiger charge is 2.34. The van der Waals surface area contributed by atoms with Gasteiger partial charge in [0, 0.05) is 29.2 Å². The molecule has 3 aromatic rings. The summed E-state index contributed by atoms with van der Waals surface area (Å²) in [6.45, 7) is 3.65. The maximum absolute atomic E-state index is 14.2. The number of para-hydroxylation sites is 1. The summed E-state index contributed by atoms with van der Waals surface area (Å²) >= 11 is 12.6. The zero-order valence-electron chi connectivity index (χ0n) is 24.7. The minimum atomic E-state index is -4.29. The Balaban J connectivity index is 2.07. The van der Waals surface area contributed by atoms with Gasteiger partial charge in [-0.2, -0.15) is 0 Å². The monoisotopic (exact) mass is 649 g/mol. The Kier molecular flexibility index (Phi) is 12.5. The van der Waals surface area contributed by atoms with Crippen molar-refractivity contribution in [3.05, 3.63) is 82.3 Å². The highest BCUT2D eigenvalue weighted by atomic mass is 35.5. The number of nitrogens with zero attached hydrogens (tertiary/aromatic N) is 2. The molecule has 43 heavy (non-hydrogen) atoms. The number of benzene rings is 3. The first kappa shape index (κ1) is 34.0. The number of hydrogen-bond donors (Lipinski definition) is 1. The number of nitrogens with one attached hydrogen (secondary N) is 1. The Labute approximate surface area is 263 Å². The average Bonchev–Trinajstić information content (AvgIpc) is 3.00. The molecule has 1 N–H and O–H groups in total. The summed E-state index contributed by atoms with van der Waals surface area (Å²) in [5.74, 6) is -0.341. The number of hydrogen-bond acceptors (Lipinski definition) is 6. The SMILES string of the molecule is CCCCNC(=O)[C@H](CC)N(Cc1ccc(Cl)cc1Cl)C(=O)CN(c1ccccc1)S(=O)(=O)c1ccc(OC)c(OC)c1. The number of halogens is 2. The molecule has 0 aliphatic carbocycles. The number of sulfonamides is 1. The number of carbonyl (C=O) groups is 2. The van der Waals surface area contributed by atoms with Gasteiger partial charge in [-0.3, -0.25) is 13.9 Å². The average molecular weight is 651 g/mol. The molecule has 232 valence electrons. The molecule has 0 spiro atoms. The predicted octanol–water partition coefficient (Wildman–Crippen LogP) is 5.93. The molecular weight excluding hydrogens is 613 g/mol. The molecule has 0 unspecified atom stereocenters. The molecule has 0 aliphatic rings. The minimum absolute atomic E-state index is 0.0342. The zero-order valence-corrected chi connectivity index (χ0v) is 27.0. The van der Waals surface area contributed by atoms with Crippen LogP contribution in [0.4, 0.5) is 5.69 Å². The Morgan fingerprint density at radius 3 is 2.23 bits per heavy atom. The summed E-state index contributed by atoms with van der Waals surface area (Å²) in [6, 6.07) is 16.5. The van der Waals surface area contributed by atoms with Crippen LogP contribution in [0.5, 0.6) is 11.5 Å². The molecule has 3 rings (SSSR count). The van der Waals surface area contributed by atoms with Gasteiger partial charge in [0.25, 0.3) is 10.0 Å². The van der Waals surface area contributed by atoms with Crippen LogP contribution in [0.2, 0.25) is 10.0 Å². The van der Waals surface area contributed by atoms with Crippen molar-refractivity contribution >= 4 is 50.7 Å². The van der Waals surface area contributed by atoms with Crippen molar-refractivity contribution in [3.8, 4) is 11.5 Å². The predicted molar refractivity (Wildman–Crippen MR) is 170 cm³/mol. The lowest BCUT2D eigenvalue weighted by molar-refractivity contribution is -0.140. The van der Waals surface area contributed by atoms with E-state index >= 15 is 0 Å².